The van der Waals surface area contributed by atoms with E-state index in [9.17, 15) is 0 Å². The van der Waals surface area contributed by atoms with E-state index < -0.39 is 32.3 Å². The van der Waals surface area contributed by atoms with Gasteiger partial charge in [-0.25, -0.2) is 0 Å². The fourth-order valence-electron chi connectivity index (χ4n) is 10.9. The van der Waals surface area contributed by atoms with E-state index in [1.54, 1.807) is 0 Å². The summed E-state index contributed by atoms with van der Waals surface area (Å²) in [6, 6.07) is 0. The van der Waals surface area contributed by atoms with E-state index in [1.165, 1.54) is 0 Å². The van der Waals surface area contributed by atoms with Crippen molar-refractivity contribution < 1.29 is 0 Å². The van der Waals surface area contributed by atoms with E-state index in [0.717, 1.165) is 0 Å². The first-order chi connectivity index (χ1) is 16.2. The zero-order chi connectivity index (χ0) is 32.5. The fraction of sp³-hybridized carbons (Fsp3) is 1.00. The summed E-state index contributed by atoms with van der Waals surface area (Å²) in [4.78, 5) is 0. The molecule has 0 nitrogen and oxygen atoms in total. The molecule has 234 valence electrons. The van der Waals surface area contributed by atoms with Crippen LogP contribution in [0.2, 0.25) is 81.9 Å². The Morgan fingerprint density at radius 1 is 0.333 bits per heavy atom. The van der Waals surface area contributed by atoms with Crippen LogP contribution in [0.3, 0.4) is 0 Å². The van der Waals surface area contributed by atoms with Crippen LogP contribution in [0.1, 0.15) is 125 Å². The van der Waals surface area contributed by atoms with E-state index in [1.807, 2.05) is 0 Å². The van der Waals surface area contributed by atoms with Crippen molar-refractivity contribution in [2.75, 3.05) is 0 Å². The van der Waals surface area contributed by atoms with Crippen molar-refractivity contribution in [3.8, 4) is 0 Å². The van der Waals surface area contributed by atoms with E-state index in [-0.39, 0.29) is 0 Å². The molecule has 0 unspecified atom stereocenters. The van der Waals surface area contributed by atoms with Crippen LogP contribution in [0.5, 0.6) is 0 Å². The summed E-state index contributed by atoms with van der Waals surface area (Å²) >= 11 is 0. The second-order valence-electron chi connectivity index (χ2n) is 21.2. The maximum atomic E-state index is 2.68. The van der Waals surface area contributed by atoms with Crippen molar-refractivity contribution in [3.05, 3.63) is 0 Å². The third-order valence-electron chi connectivity index (χ3n) is 19.6. The number of rotatable bonds is 0. The molecule has 39 heavy (non-hydrogen) atoms. The molecule has 2 heterocycles. The molecule has 4 heteroatoms. The molecule has 0 aromatic carbocycles. The monoisotopic (exact) mass is 611 g/mol. The van der Waals surface area contributed by atoms with Gasteiger partial charge in [0.2, 0.25) is 0 Å². The van der Waals surface area contributed by atoms with Gasteiger partial charge in [-0.2, -0.15) is 0 Å². The first kappa shape index (κ1) is 37.9. The van der Waals surface area contributed by atoms with Crippen molar-refractivity contribution in [3.63, 3.8) is 0 Å². The van der Waals surface area contributed by atoms with E-state index in [0.29, 0.717) is 45.7 Å². The summed E-state index contributed by atoms with van der Waals surface area (Å²) in [6.07, 6.45) is 0. The number of hydrogen-bond donors (Lipinski definition) is 0. The Morgan fingerprint density at radius 3 is 0.692 bits per heavy atom. The van der Waals surface area contributed by atoms with Gasteiger partial charge >= 0.3 is 0 Å². The lowest BCUT2D eigenvalue weighted by Crippen LogP contribution is -2.76. The smallest absolute Gasteiger partial charge is 0.0566 e. The molecule has 0 aromatic heterocycles. The molecule has 2 saturated heterocycles. The lowest BCUT2D eigenvalue weighted by molar-refractivity contribution is 0.00313. The van der Waals surface area contributed by atoms with Gasteiger partial charge in [0, 0.05) is 0 Å². The van der Waals surface area contributed by atoms with Crippen LogP contribution < -0.4 is 0 Å². The lowest BCUT2D eigenvalue weighted by Gasteiger charge is -2.78. The molecule has 0 spiro atoms. The average molecular weight is 611 g/mol. The van der Waals surface area contributed by atoms with Gasteiger partial charge in [0.1, 0.15) is 0 Å². The Kier molecular flexibility index (Phi) is 8.71. The van der Waals surface area contributed by atoms with Crippen LogP contribution in [-0.2, 0) is 0 Å². The molecular formula is C35H78Si4. The normalized spacial score (nSPS) is 32.8. The Morgan fingerprint density at radius 2 is 0.513 bits per heavy atom. The molecule has 2 aliphatic rings. The minimum absolute atomic E-state index is 0.324. The zero-order valence-electron chi connectivity index (χ0n) is 32.5. The second kappa shape index (κ2) is 8.96. The first-order valence-corrected chi connectivity index (χ1v) is 28.2. The van der Waals surface area contributed by atoms with Gasteiger partial charge in [0.15, 0.2) is 0 Å². The molecular weight excluding hydrogens is 533 g/mol. The average Bonchev–Trinajstić information content (AvgIpc) is 2.69. The largest absolute Gasteiger partial charge is 0.0688 e. The van der Waals surface area contributed by atoms with Crippen molar-refractivity contribution >= 4 is 32.3 Å². The summed E-state index contributed by atoms with van der Waals surface area (Å²) in [6.45, 7) is 67.7. The molecule has 0 amide bonds. The van der Waals surface area contributed by atoms with Crippen LogP contribution in [0.15, 0.2) is 0 Å². The molecule has 0 radical (unpaired) electrons. The Hall–Kier alpha value is 0.868. The maximum Gasteiger partial charge on any atom is 0.0566 e. The molecule has 0 N–H and O–H groups in total. The van der Waals surface area contributed by atoms with Crippen molar-refractivity contribution in [1.29, 1.82) is 0 Å². The van der Waals surface area contributed by atoms with Gasteiger partial charge in [-0.3, -0.25) is 0 Å². The summed E-state index contributed by atoms with van der Waals surface area (Å²) < 4.78 is 1.11. The van der Waals surface area contributed by atoms with Crippen LogP contribution in [0.25, 0.3) is 0 Å². The second-order valence-corrected chi connectivity index (χ2v) is 45.2. The van der Waals surface area contributed by atoms with Gasteiger partial charge in [0.25, 0.3) is 0 Å². The molecule has 0 atom stereocenters. The van der Waals surface area contributed by atoms with E-state index >= 15 is 0 Å². The molecule has 0 aromatic rings. The molecule has 0 aliphatic carbocycles. The van der Waals surface area contributed by atoms with Gasteiger partial charge < -0.3 is 0 Å². The summed E-state index contributed by atoms with van der Waals surface area (Å²) in [5.41, 5.74) is 1.10. The lowest BCUT2D eigenvalue weighted by atomic mass is 9.55. The highest BCUT2D eigenvalue weighted by Crippen LogP contribution is 2.82. The van der Waals surface area contributed by atoms with Crippen molar-refractivity contribution in [2.24, 2.45) is 16.2 Å². The van der Waals surface area contributed by atoms with E-state index in [2.05, 4.69) is 177 Å². The van der Waals surface area contributed by atoms with Gasteiger partial charge in [0.05, 0.1) is 32.3 Å². The minimum Gasteiger partial charge on any atom is -0.0688 e. The maximum absolute atomic E-state index is 2.68. The summed E-state index contributed by atoms with van der Waals surface area (Å²) in [5.74, 6) is 0. The highest BCUT2D eigenvalue weighted by Gasteiger charge is 2.77. The summed E-state index contributed by atoms with van der Waals surface area (Å²) in [7, 11) is -5.59. The van der Waals surface area contributed by atoms with Crippen LogP contribution in [0, 0.1) is 16.2 Å². The fourth-order valence-corrected chi connectivity index (χ4v) is 41.3. The van der Waals surface area contributed by atoms with Crippen LogP contribution >= 0.6 is 0 Å². The third-order valence-corrected chi connectivity index (χ3v) is 54.4. The predicted molar refractivity (Wildman–Crippen MR) is 196 cm³/mol. The molecule has 0 bridgehead atoms. The topological polar surface area (TPSA) is 0 Å². The Balaban J connectivity index is 0.000000395. The molecule has 2 rings (SSSR count). The van der Waals surface area contributed by atoms with Gasteiger partial charge in [-0.05, 0) is 45.7 Å². The minimum atomic E-state index is -1.45. The number of hydrogen-bond acceptors (Lipinski definition) is 0. The van der Waals surface area contributed by atoms with Crippen molar-refractivity contribution in [2.45, 2.75) is 206 Å². The van der Waals surface area contributed by atoms with Gasteiger partial charge in [-0.15, -0.1) is 0 Å². The molecule has 2 aliphatic heterocycles. The Bertz CT molecular complexity index is 797. The van der Waals surface area contributed by atoms with Crippen molar-refractivity contribution in [1.82, 2.24) is 0 Å². The third kappa shape index (κ3) is 3.80. The summed E-state index contributed by atoms with van der Waals surface area (Å²) in [5, 5.41) is 1.76. The standard InChI is InChI=1S/C19H42Si2.C16H36Si2/c1-15(2,3)19(10)16(4,5)20(11,12)18(8,9)21(13,14)17(19,6)7;1-13(2)14(3,4)17(9,10)16(7,8)18(11,12)15(13,5)6/h1-14H3;1-12H3. The highest BCUT2D eigenvalue weighted by molar-refractivity contribution is 7.04. The van der Waals surface area contributed by atoms with Crippen LogP contribution in [0.4, 0.5) is 0 Å². The SMILES string of the molecule is CC(C)(C)C1(C)C(C)(C)[Si](C)(C)C(C)(C)[Si](C)(C)C1(C)C.CC1(C)C(C)(C)[Si](C)(C)C(C)(C)[Si](C)(C)C1(C)C. The highest BCUT2D eigenvalue weighted by atomic mass is 28.4. The van der Waals surface area contributed by atoms with E-state index in [4.69, 9.17) is 0 Å². The zero-order valence-corrected chi connectivity index (χ0v) is 36.5. The van der Waals surface area contributed by atoms with Gasteiger partial charge in [-0.1, -0.05) is 177 Å². The molecule has 2 fully saturated rings. The van der Waals surface area contributed by atoms with Crippen LogP contribution in [-0.4, -0.2) is 32.3 Å². The first-order valence-electron chi connectivity index (χ1n) is 16.2. The Labute approximate surface area is 254 Å². The quantitative estimate of drug-likeness (QED) is 0.239. The predicted octanol–water partition coefficient (Wildman–Crippen LogP) is 13.7. The molecule has 0 saturated carbocycles.